The molecule has 26 heavy (non-hydrogen) atoms. The molecule has 134 valence electrons. The summed E-state index contributed by atoms with van der Waals surface area (Å²) in [5, 5.41) is 3.28. The van der Waals surface area contributed by atoms with Crippen molar-refractivity contribution in [2.75, 3.05) is 18.2 Å². The van der Waals surface area contributed by atoms with E-state index in [1.54, 1.807) is 32.4 Å². The molecule has 3 aromatic rings. The molecule has 1 atom stereocenters. The minimum atomic E-state index is -1.39. The maximum absolute atomic E-state index is 13.1. The van der Waals surface area contributed by atoms with Crippen molar-refractivity contribution in [1.29, 1.82) is 0 Å². The Morgan fingerprint density at radius 1 is 1.12 bits per heavy atom. The Kier molecular flexibility index (Phi) is 5.48. The van der Waals surface area contributed by atoms with Crippen LogP contribution in [-0.4, -0.2) is 21.3 Å². The summed E-state index contributed by atoms with van der Waals surface area (Å²) in [4.78, 5) is 9.63. The van der Waals surface area contributed by atoms with Crippen LogP contribution in [0.5, 0.6) is 5.75 Å². The van der Waals surface area contributed by atoms with Gasteiger partial charge in [0.15, 0.2) is 0 Å². The quantitative estimate of drug-likeness (QED) is 0.695. The van der Waals surface area contributed by atoms with E-state index in [2.05, 4.69) is 15.3 Å². The van der Waals surface area contributed by atoms with Crippen LogP contribution in [0.1, 0.15) is 11.4 Å². The van der Waals surface area contributed by atoms with Crippen molar-refractivity contribution in [3.63, 3.8) is 0 Å². The van der Waals surface area contributed by atoms with Gasteiger partial charge in [-0.05, 0) is 31.2 Å². The van der Waals surface area contributed by atoms with Gasteiger partial charge in [-0.2, -0.15) is 0 Å². The second kappa shape index (κ2) is 7.97. The van der Waals surface area contributed by atoms with Gasteiger partial charge in [-0.25, -0.2) is 14.2 Å². The molecule has 3 N–H and O–H groups in total. The Labute approximate surface area is 154 Å². The van der Waals surface area contributed by atoms with Crippen LogP contribution in [0, 0.1) is 6.92 Å². The van der Waals surface area contributed by atoms with Gasteiger partial charge in [0.2, 0.25) is 0 Å². The number of aromatic nitrogens is 2. The molecule has 1 heterocycles. The van der Waals surface area contributed by atoms with Crippen LogP contribution in [0.3, 0.4) is 0 Å². The topological polar surface area (TPSA) is 90.1 Å². The number of hydrogen-bond donors (Lipinski definition) is 2. The SMILES string of the molecule is COc1ccccc1S(=O)c1ccccc1NCc1cnc(C)nc1N. The summed E-state index contributed by atoms with van der Waals surface area (Å²) >= 11 is 0. The number of rotatable bonds is 6. The predicted molar refractivity (Wildman–Crippen MR) is 103 cm³/mol. The molecule has 1 aromatic heterocycles. The number of aryl methyl sites for hydroxylation is 1. The number of anilines is 2. The van der Waals surface area contributed by atoms with E-state index in [9.17, 15) is 4.21 Å². The lowest BCUT2D eigenvalue weighted by Gasteiger charge is -2.14. The van der Waals surface area contributed by atoms with Gasteiger partial charge in [0.25, 0.3) is 0 Å². The number of nitrogen functional groups attached to an aromatic ring is 1. The van der Waals surface area contributed by atoms with E-state index >= 15 is 0 Å². The molecule has 0 radical (unpaired) electrons. The van der Waals surface area contributed by atoms with E-state index in [4.69, 9.17) is 10.5 Å². The molecular formula is C19H20N4O2S. The van der Waals surface area contributed by atoms with Gasteiger partial charge >= 0.3 is 0 Å². The van der Waals surface area contributed by atoms with Gasteiger partial charge < -0.3 is 15.8 Å². The van der Waals surface area contributed by atoms with Gasteiger partial charge in [-0.15, -0.1) is 0 Å². The second-order valence-corrected chi connectivity index (χ2v) is 7.01. The molecule has 1 unspecified atom stereocenters. The average Bonchev–Trinajstić information content (AvgIpc) is 2.67. The number of ether oxygens (including phenoxy) is 1. The Balaban J connectivity index is 1.87. The Morgan fingerprint density at radius 3 is 2.54 bits per heavy atom. The van der Waals surface area contributed by atoms with E-state index < -0.39 is 10.8 Å². The van der Waals surface area contributed by atoms with Gasteiger partial charge in [0, 0.05) is 18.3 Å². The summed E-state index contributed by atoms with van der Waals surface area (Å²) in [7, 11) is 0.183. The first-order valence-electron chi connectivity index (χ1n) is 8.06. The van der Waals surface area contributed by atoms with Gasteiger partial charge in [0.05, 0.1) is 33.4 Å². The van der Waals surface area contributed by atoms with Crippen molar-refractivity contribution < 1.29 is 8.95 Å². The van der Waals surface area contributed by atoms with Crippen molar-refractivity contribution in [2.45, 2.75) is 23.3 Å². The zero-order chi connectivity index (χ0) is 18.5. The smallest absolute Gasteiger partial charge is 0.135 e. The highest BCUT2D eigenvalue weighted by atomic mass is 32.2. The molecule has 0 aliphatic rings. The van der Waals surface area contributed by atoms with E-state index in [1.807, 2.05) is 36.4 Å². The standard InChI is InChI=1S/C19H20N4O2S/c1-13-21-11-14(19(20)23-13)12-22-15-7-3-5-9-17(15)26(24)18-10-6-4-8-16(18)25-2/h3-11,22H,12H2,1-2H3,(H2,20,21,23). The van der Waals surface area contributed by atoms with Gasteiger partial charge in [0.1, 0.15) is 17.4 Å². The fourth-order valence-electron chi connectivity index (χ4n) is 2.50. The number of benzene rings is 2. The highest BCUT2D eigenvalue weighted by Gasteiger charge is 2.16. The Morgan fingerprint density at radius 2 is 1.81 bits per heavy atom. The number of para-hydroxylation sites is 2. The first-order chi connectivity index (χ1) is 12.6. The number of hydrogen-bond acceptors (Lipinski definition) is 6. The van der Waals surface area contributed by atoms with Gasteiger partial charge in [-0.3, -0.25) is 0 Å². The van der Waals surface area contributed by atoms with Crippen molar-refractivity contribution in [3.8, 4) is 5.75 Å². The molecule has 0 bridgehead atoms. The summed E-state index contributed by atoms with van der Waals surface area (Å²) in [5.41, 5.74) is 7.49. The first kappa shape index (κ1) is 17.9. The fraction of sp³-hybridized carbons (Fsp3) is 0.158. The second-order valence-electron chi connectivity index (χ2n) is 5.60. The van der Waals surface area contributed by atoms with Crippen LogP contribution in [0.25, 0.3) is 0 Å². The summed E-state index contributed by atoms with van der Waals surface area (Å²) in [6.07, 6.45) is 1.70. The molecular weight excluding hydrogens is 348 g/mol. The number of nitrogens with two attached hydrogens (primary N) is 1. The molecule has 0 saturated carbocycles. The van der Waals surface area contributed by atoms with Crippen LogP contribution in [0.2, 0.25) is 0 Å². The van der Waals surface area contributed by atoms with Crippen molar-refractivity contribution in [1.82, 2.24) is 9.97 Å². The van der Waals surface area contributed by atoms with E-state index in [1.165, 1.54) is 0 Å². The van der Waals surface area contributed by atoms with Crippen molar-refractivity contribution >= 4 is 22.3 Å². The van der Waals surface area contributed by atoms with Crippen LogP contribution < -0.4 is 15.8 Å². The third kappa shape index (κ3) is 3.83. The third-order valence-corrected chi connectivity index (χ3v) is 5.34. The molecule has 0 aliphatic heterocycles. The molecule has 0 saturated heterocycles. The van der Waals surface area contributed by atoms with Gasteiger partial charge in [-0.1, -0.05) is 24.3 Å². The Hall–Kier alpha value is -2.93. The predicted octanol–water partition coefficient (Wildman–Crippen LogP) is 3.15. The Bertz CT molecular complexity index is 946. The van der Waals surface area contributed by atoms with Crippen LogP contribution in [0.4, 0.5) is 11.5 Å². The normalized spacial score (nSPS) is 11.8. The van der Waals surface area contributed by atoms with E-state index in [0.29, 0.717) is 33.7 Å². The third-order valence-electron chi connectivity index (χ3n) is 3.84. The van der Waals surface area contributed by atoms with Crippen molar-refractivity contribution in [3.05, 3.63) is 66.1 Å². The first-order valence-corrected chi connectivity index (χ1v) is 9.21. The fourth-order valence-corrected chi connectivity index (χ4v) is 3.82. The molecule has 7 heteroatoms. The zero-order valence-electron chi connectivity index (χ0n) is 14.6. The van der Waals surface area contributed by atoms with Crippen LogP contribution in [-0.2, 0) is 17.3 Å². The largest absolute Gasteiger partial charge is 0.495 e. The van der Waals surface area contributed by atoms with E-state index in [-0.39, 0.29) is 0 Å². The molecule has 6 nitrogen and oxygen atoms in total. The summed E-state index contributed by atoms with van der Waals surface area (Å²) in [5.74, 6) is 1.66. The van der Waals surface area contributed by atoms with E-state index in [0.717, 1.165) is 11.3 Å². The molecule has 0 aliphatic carbocycles. The molecule has 0 spiro atoms. The molecule has 2 aromatic carbocycles. The molecule has 0 fully saturated rings. The lowest BCUT2D eigenvalue weighted by molar-refractivity contribution is 0.404. The maximum Gasteiger partial charge on any atom is 0.135 e. The lowest BCUT2D eigenvalue weighted by Crippen LogP contribution is -2.08. The minimum Gasteiger partial charge on any atom is -0.495 e. The number of methoxy groups -OCH3 is 1. The number of nitrogens with zero attached hydrogens (tertiary/aromatic N) is 2. The van der Waals surface area contributed by atoms with Crippen LogP contribution >= 0.6 is 0 Å². The summed E-state index contributed by atoms with van der Waals surface area (Å²) < 4.78 is 18.4. The highest BCUT2D eigenvalue weighted by Crippen LogP contribution is 2.30. The summed E-state index contributed by atoms with van der Waals surface area (Å²) in [6, 6.07) is 14.8. The van der Waals surface area contributed by atoms with Crippen LogP contribution in [0.15, 0.2) is 64.5 Å². The molecule has 3 rings (SSSR count). The zero-order valence-corrected chi connectivity index (χ0v) is 15.4. The molecule has 0 amide bonds. The van der Waals surface area contributed by atoms with Crippen molar-refractivity contribution in [2.24, 2.45) is 0 Å². The lowest BCUT2D eigenvalue weighted by atomic mass is 10.2. The number of nitrogens with one attached hydrogen (secondary N) is 1. The monoisotopic (exact) mass is 368 g/mol. The average molecular weight is 368 g/mol. The minimum absolute atomic E-state index is 0.437. The summed E-state index contributed by atoms with van der Waals surface area (Å²) in [6.45, 7) is 2.23. The maximum atomic E-state index is 13.1. The highest BCUT2D eigenvalue weighted by molar-refractivity contribution is 7.85.